The first kappa shape index (κ1) is 17.8. The van der Waals surface area contributed by atoms with Crippen LogP contribution in [-0.4, -0.2) is 43.0 Å². The third kappa shape index (κ3) is 4.77. The minimum atomic E-state index is -0.224. The second-order valence-corrected chi connectivity index (χ2v) is 7.74. The Morgan fingerprint density at radius 3 is 3.00 bits per heavy atom. The summed E-state index contributed by atoms with van der Waals surface area (Å²) in [5, 5.41) is 6.35. The minimum Gasteiger partial charge on any atom is -0.354 e. The Kier molecular flexibility index (Phi) is 6.25. The van der Waals surface area contributed by atoms with E-state index >= 15 is 0 Å². The summed E-state index contributed by atoms with van der Waals surface area (Å²) in [4.78, 5) is 14.5. The lowest BCUT2D eigenvalue weighted by atomic mass is 9.97. The third-order valence-electron chi connectivity index (χ3n) is 4.94. The second kappa shape index (κ2) is 8.41. The Hall–Kier alpha value is -0.980. The van der Waals surface area contributed by atoms with E-state index in [2.05, 4.69) is 31.5 Å². The van der Waals surface area contributed by atoms with Crippen LogP contribution in [0.4, 0.5) is 4.39 Å². The summed E-state index contributed by atoms with van der Waals surface area (Å²) in [5.41, 5.74) is 1.11. The van der Waals surface area contributed by atoms with Gasteiger partial charge >= 0.3 is 0 Å². The molecular formula is C18H25BrFN3O. The van der Waals surface area contributed by atoms with Crippen LogP contribution >= 0.6 is 15.9 Å². The molecule has 0 radical (unpaired) electrons. The van der Waals surface area contributed by atoms with Crippen LogP contribution < -0.4 is 10.6 Å². The highest BCUT2D eigenvalue weighted by atomic mass is 79.9. The Labute approximate surface area is 151 Å². The molecule has 2 atom stereocenters. The number of amides is 1. The van der Waals surface area contributed by atoms with E-state index in [0.717, 1.165) is 64.0 Å². The van der Waals surface area contributed by atoms with Crippen molar-refractivity contribution in [1.82, 2.24) is 15.5 Å². The van der Waals surface area contributed by atoms with Gasteiger partial charge in [-0.3, -0.25) is 9.69 Å². The Morgan fingerprint density at radius 2 is 2.25 bits per heavy atom. The van der Waals surface area contributed by atoms with Gasteiger partial charge in [-0.25, -0.2) is 4.39 Å². The molecule has 3 rings (SSSR count). The average molecular weight is 398 g/mol. The van der Waals surface area contributed by atoms with E-state index in [1.54, 1.807) is 0 Å². The largest absolute Gasteiger partial charge is 0.354 e. The fraction of sp³-hybridized carbons (Fsp3) is 0.611. The smallest absolute Gasteiger partial charge is 0.237 e. The van der Waals surface area contributed by atoms with E-state index in [-0.39, 0.29) is 17.8 Å². The van der Waals surface area contributed by atoms with Crippen molar-refractivity contribution >= 4 is 21.8 Å². The highest BCUT2D eigenvalue weighted by Crippen LogP contribution is 2.21. The van der Waals surface area contributed by atoms with Crippen molar-refractivity contribution in [1.29, 1.82) is 0 Å². The molecule has 0 saturated carbocycles. The van der Waals surface area contributed by atoms with Crippen molar-refractivity contribution in [2.45, 2.75) is 38.3 Å². The maximum Gasteiger partial charge on any atom is 0.237 e. The van der Waals surface area contributed by atoms with Crippen LogP contribution in [-0.2, 0) is 11.3 Å². The summed E-state index contributed by atoms with van der Waals surface area (Å²) >= 11 is 3.25. The number of carbonyl (C=O) groups excluding carboxylic acids is 1. The summed E-state index contributed by atoms with van der Waals surface area (Å²) in [6, 6.07) is 5.21. The number of nitrogens with zero attached hydrogens (tertiary/aromatic N) is 1. The van der Waals surface area contributed by atoms with Crippen LogP contribution in [0.2, 0.25) is 0 Å². The monoisotopic (exact) mass is 397 g/mol. The Bertz CT molecular complexity index is 577. The summed E-state index contributed by atoms with van der Waals surface area (Å²) in [6.45, 7) is 4.56. The van der Waals surface area contributed by atoms with Crippen molar-refractivity contribution in [3.63, 3.8) is 0 Å². The Morgan fingerprint density at radius 1 is 1.38 bits per heavy atom. The molecule has 4 nitrogen and oxygen atoms in total. The molecule has 1 amide bonds. The van der Waals surface area contributed by atoms with Crippen molar-refractivity contribution in [2.75, 3.05) is 26.2 Å². The van der Waals surface area contributed by atoms with Crippen LogP contribution in [0.5, 0.6) is 0 Å². The van der Waals surface area contributed by atoms with Gasteiger partial charge in [0.2, 0.25) is 5.91 Å². The van der Waals surface area contributed by atoms with E-state index in [1.165, 1.54) is 6.07 Å². The number of benzene rings is 1. The molecule has 2 aliphatic rings. The zero-order valence-electron chi connectivity index (χ0n) is 13.9. The molecule has 2 saturated heterocycles. The molecule has 2 aliphatic heterocycles. The van der Waals surface area contributed by atoms with Crippen LogP contribution in [0, 0.1) is 11.7 Å². The molecule has 1 aromatic rings. The average Bonchev–Trinajstić information content (AvgIpc) is 3.11. The van der Waals surface area contributed by atoms with Gasteiger partial charge in [-0.1, -0.05) is 6.07 Å². The van der Waals surface area contributed by atoms with Crippen LogP contribution in [0.1, 0.15) is 31.2 Å². The van der Waals surface area contributed by atoms with Crippen molar-refractivity contribution in [2.24, 2.45) is 5.92 Å². The predicted molar refractivity (Wildman–Crippen MR) is 96.1 cm³/mol. The van der Waals surface area contributed by atoms with Crippen LogP contribution in [0.25, 0.3) is 0 Å². The third-order valence-corrected chi connectivity index (χ3v) is 5.54. The van der Waals surface area contributed by atoms with E-state index in [9.17, 15) is 9.18 Å². The number of nitrogens with one attached hydrogen (secondary N) is 2. The zero-order chi connectivity index (χ0) is 16.9. The van der Waals surface area contributed by atoms with E-state index in [4.69, 9.17) is 0 Å². The molecule has 24 heavy (non-hydrogen) atoms. The van der Waals surface area contributed by atoms with Gasteiger partial charge in [0.15, 0.2) is 0 Å². The van der Waals surface area contributed by atoms with Crippen LogP contribution in [0.3, 0.4) is 0 Å². The lowest BCUT2D eigenvalue weighted by Gasteiger charge is -2.33. The molecule has 2 N–H and O–H groups in total. The molecule has 6 heteroatoms. The zero-order valence-corrected chi connectivity index (χ0v) is 15.4. The van der Waals surface area contributed by atoms with Gasteiger partial charge in [0.05, 0.1) is 10.5 Å². The molecule has 0 bridgehead atoms. The first-order valence-corrected chi connectivity index (χ1v) is 9.58. The number of halogens is 2. The van der Waals surface area contributed by atoms with Gasteiger partial charge in [0.25, 0.3) is 0 Å². The lowest BCUT2D eigenvalue weighted by Crippen LogP contribution is -2.45. The summed E-state index contributed by atoms with van der Waals surface area (Å²) in [6.07, 6.45) is 4.33. The highest BCUT2D eigenvalue weighted by Gasteiger charge is 2.24. The normalized spacial score (nSPS) is 24.9. The standard InChI is InChI=1S/C18H25BrFN3O/c19-15-9-13(5-6-16(15)20)11-23-8-2-3-14(12-23)10-22-18(24)17-4-1-7-21-17/h5-6,9,14,17,21H,1-4,7-8,10-12H2,(H,22,24). The fourth-order valence-electron chi connectivity index (χ4n) is 3.63. The van der Waals surface area contributed by atoms with Crippen LogP contribution in [0.15, 0.2) is 22.7 Å². The summed E-state index contributed by atoms with van der Waals surface area (Å²) in [5.74, 6) is 0.415. The molecule has 0 spiro atoms. The molecule has 2 unspecified atom stereocenters. The Balaban J connectivity index is 1.47. The van der Waals surface area contributed by atoms with E-state index in [1.807, 2.05) is 12.1 Å². The number of carbonyl (C=O) groups is 1. The number of hydrogen-bond acceptors (Lipinski definition) is 3. The van der Waals surface area contributed by atoms with Gasteiger partial charge < -0.3 is 10.6 Å². The van der Waals surface area contributed by atoms with Crippen molar-refractivity contribution < 1.29 is 9.18 Å². The SMILES string of the molecule is O=C(NCC1CCCN(Cc2ccc(F)c(Br)c2)C1)C1CCCN1. The molecule has 1 aromatic carbocycles. The van der Waals surface area contributed by atoms with Crippen molar-refractivity contribution in [3.05, 3.63) is 34.1 Å². The lowest BCUT2D eigenvalue weighted by molar-refractivity contribution is -0.123. The molecule has 2 heterocycles. The van der Waals surface area contributed by atoms with Gasteiger partial charge in [-0.2, -0.15) is 0 Å². The topological polar surface area (TPSA) is 44.4 Å². The highest BCUT2D eigenvalue weighted by molar-refractivity contribution is 9.10. The number of hydrogen-bond donors (Lipinski definition) is 2. The summed E-state index contributed by atoms with van der Waals surface area (Å²) in [7, 11) is 0. The van der Waals surface area contributed by atoms with Gasteiger partial charge in [0, 0.05) is 19.6 Å². The van der Waals surface area contributed by atoms with Gasteiger partial charge in [0.1, 0.15) is 5.82 Å². The summed E-state index contributed by atoms with van der Waals surface area (Å²) < 4.78 is 13.9. The molecular weight excluding hydrogens is 373 g/mol. The van der Waals surface area contributed by atoms with Crippen molar-refractivity contribution in [3.8, 4) is 0 Å². The number of rotatable bonds is 5. The molecule has 0 aromatic heterocycles. The first-order chi connectivity index (χ1) is 11.6. The van der Waals surface area contributed by atoms with Gasteiger partial charge in [-0.05, 0) is 78.3 Å². The van der Waals surface area contributed by atoms with Gasteiger partial charge in [-0.15, -0.1) is 0 Å². The minimum absolute atomic E-state index is 0.00117. The van der Waals surface area contributed by atoms with E-state index in [0.29, 0.717) is 10.4 Å². The predicted octanol–water partition coefficient (Wildman–Crippen LogP) is 2.67. The maximum atomic E-state index is 13.3. The molecule has 132 valence electrons. The number of piperidine rings is 1. The maximum absolute atomic E-state index is 13.3. The number of likely N-dealkylation sites (tertiary alicyclic amines) is 1. The first-order valence-electron chi connectivity index (χ1n) is 8.79. The van der Waals surface area contributed by atoms with E-state index < -0.39 is 0 Å². The molecule has 2 fully saturated rings. The quantitative estimate of drug-likeness (QED) is 0.802. The molecule has 0 aliphatic carbocycles. The second-order valence-electron chi connectivity index (χ2n) is 6.89. The fourth-order valence-corrected chi connectivity index (χ4v) is 4.06.